The van der Waals surface area contributed by atoms with Crippen LogP contribution in [0.3, 0.4) is 0 Å². The van der Waals surface area contributed by atoms with Gasteiger partial charge in [-0.1, -0.05) is 6.07 Å². The SMILES string of the molecule is Cl.Cl.Oc1cc(-c2cccnc2)cc2c1OCCN(C1CCNCC1)C2. The van der Waals surface area contributed by atoms with Crippen LogP contribution >= 0.6 is 24.8 Å². The smallest absolute Gasteiger partial charge is 0.165 e. The molecule has 1 aromatic carbocycles. The molecule has 1 aromatic heterocycles. The van der Waals surface area contributed by atoms with Crippen molar-refractivity contribution < 1.29 is 9.84 Å². The molecule has 0 bridgehead atoms. The second kappa shape index (κ2) is 9.42. The van der Waals surface area contributed by atoms with Crippen molar-refractivity contribution in [1.29, 1.82) is 0 Å². The van der Waals surface area contributed by atoms with Crippen molar-refractivity contribution in [2.45, 2.75) is 25.4 Å². The molecule has 5 nitrogen and oxygen atoms in total. The van der Waals surface area contributed by atoms with Crippen LogP contribution in [-0.4, -0.2) is 47.3 Å². The maximum absolute atomic E-state index is 10.4. The molecule has 3 heterocycles. The number of rotatable bonds is 2. The van der Waals surface area contributed by atoms with Crippen LogP contribution < -0.4 is 10.1 Å². The molecule has 142 valence electrons. The molecular formula is C19H25Cl2N3O2. The van der Waals surface area contributed by atoms with Crippen molar-refractivity contribution in [2.24, 2.45) is 0 Å². The van der Waals surface area contributed by atoms with Gasteiger partial charge < -0.3 is 15.2 Å². The highest BCUT2D eigenvalue weighted by atomic mass is 35.5. The summed E-state index contributed by atoms with van der Waals surface area (Å²) in [6.45, 7) is 4.51. The van der Waals surface area contributed by atoms with Gasteiger partial charge in [0.05, 0.1) is 0 Å². The number of hydrogen-bond acceptors (Lipinski definition) is 5. The van der Waals surface area contributed by atoms with Gasteiger partial charge in [-0.2, -0.15) is 0 Å². The van der Waals surface area contributed by atoms with Crippen molar-refractivity contribution in [3.05, 3.63) is 42.2 Å². The molecule has 1 saturated heterocycles. The zero-order valence-electron chi connectivity index (χ0n) is 14.6. The van der Waals surface area contributed by atoms with E-state index in [1.807, 2.05) is 18.3 Å². The summed E-state index contributed by atoms with van der Waals surface area (Å²) in [4.78, 5) is 6.68. The number of hydrogen-bond donors (Lipinski definition) is 2. The quantitative estimate of drug-likeness (QED) is 0.814. The second-order valence-corrected chi connectivity index (χ2v) is 6.53. The molecule has 0 amide bonds. The third-order valence-corrected chi connectivity index (χ3v) is 4.96. The Morgan fingerprint density at radius 3 is 2.69 bits per heavy atom. The Morgan fingerprint density at radius 2 is 1.96 bits per heavy atom. The van der Waals surface area contributed by atoms with Gasteiger partial charge in [-0.25, -0.2) is 0 Å². The first-order valence-electron chi connectivity index (χ1n) is 8.65. The van der Waals surface area contributed by atoms with E-state index in [1.54, 1.807) is 12.3 Å². The monoisotopic (exact) mass is 397 g/mol. The average molecular weight is 398 g/mol. The molecule has 0 aliphatic carbocycles. The zero-order valence-corrected chi connectivity index (χ0v) is 16.2. The number of phenolic OH excluding ortho intramolecular Hbond substituents is 1. The number of phenols is 1. The highest BCUT2D eigenvalue weighted by Crippen LogP contribution is 2.38. The number of aromatic nitrogens is 1. The molecule has 0 radical (unpaired) electrons. The van der Waals surface area contributed by atoms with E-state index in [1.165, 1.54) is 12.8 Å². The van der Waals surface area contributed by atoms with E-state index in [4.69, 9.17) is 4.74 Å². The topological polar surface area (TPSA) is 57.6 Å². The minimum Gasteiger partial charge on any atom is -0.504 e. The minimum absolute atomic E-state index is 0. The maximum Gasteiger partial charge on any atom is 0.165 e. The fraction of sp³-hybridized carbons (Fsp3) is 0.421. The molecule has 0 unspecified atom stereocenters. The number of nitrogens with zero attached hydrogens (tertiary/aromatic N) is 2. The predicted molar refractivity (Wildman–Crippen MR) is 108 cm³/mol. The van der Waals surface area contributed by atoms with Gasteiger partial charge in [0, 0.05) is 42.7 Å². The fourth-order valence-electron chi connectivity index (χ4n) is 3.70. The molecule has 2 aromatic rings. The highest BCUT2D eigenvalue weighted by Gasteiger charge is 2.26. The molecule has 26 heavy (non-hydrogen) atoms. The minimum atomic E-state index is 0. The van der Waals surface area contributed by atoms with Crippen LogP contribution in [0.2, 0.25) is 0 Å². The van der Waals surface area contributed by atoms with Crippen molar-refractivity contribution in [2.75, 3.05) is 26.2 Å². The van der Waals surface area contributed by atoms with Crippen molar-refractivity contribution in [1.82, 2.24) is 15.2 Å². The Kier molecular flexibility index (Phi) is 7.53. The van der Waals surface area contributed by atoms with Gasteiger partial charge in [-0.15, -0.1) is 24.8 Å². The second-order valence-electron chi connectivity index (χ2n) is 6.53. The lowest BCUT2D eigenvalue weighted by atomic mass is 10.0. The van der Waals surface area contributed by atoms with E-state index in [-0.39, 0.29) is 30.6 Å². The van der Waals surface area contributed by atoms with Crippen molar-refractivity contribution in [3.63, 3.8) is 0 Å². The Labute approximate surface area is 166 Å². The number of fused-ring (bicyclic) bond motifs is 1. The predicted octanol–water partition coefficient (Wildman–Crippen LogP) is 3.24. The summed E-state index contributed by atoms with van der Waals surface area (Å²) in [7, 11) is 0. The zero-order chi connectivity index (χ0) is 16.4. The molecular weight excluding hydrogens is 373 g/mol. The molecule has 2 aliphatic rings. The van der Waals surface area contributed by atoms with E-state index in [2.05, 4.69) is 21.3 Å². The normalized spacial score (nSPS) is 17.8. The highest BCUT2D eigenvalue weighted by molar-refractivity contribution is 5.85. The number of ether oxygens (including phenoxy) is 1. The first-order valence-corrected chi connectivity index (χ1v) is 8.65. The van der Waals surface area contributed by atoms with Crippen LogP contribution in [0.25, 0.3) is 11.1 Å². The lowest BCUT2D eigenvalue weighted by molar-refractivity contribution is 0.141. The van der Waals surface area contributed by atoms with E-state index in [0.717, 1.165) is 42.9 Å². The largest absolute Gasteiger partial charge is 0.504 e. The van der Waals surface area contributed by atoms with Crippen LogP contribution in [0, 0.1) is 0 Å². The Morgan fingerprint density at radius 1 is 1.15 bits per heavy atom. The summed E-state index contributed by atoms with van der Waals surface area (Å²) in [5, 5.41) is 13.9. The first-order chi connectivity index (χ1) is 11.8. The number of pyridine rings is 1. The molecule has 0 atom stereocenters. The summed E-state index contributed by atoms with van der Waals surface area (Å²) in [5.74, 6) is 0.859. The Balaban J connectivity index is 0.00000121. The van der Waals surface area contributed by atoms with Gasteiger partial charge in [-0.05, 0) is 49.7 Å². The first kappa shape index (κ1) is 20.8. The van der Waals surface area contributed by atoms with Gasteiger partial charge in [0.2, 0.25) is 0 Å². The van der Waals surface area contributed by atoms with Crippen molar-refractivity contribution >= 4 is 24.8 Å². The molecule has 7 heteroatoms. The summed E-state index contributed by atoms with van der Waals surface area (Å²) in [6, 6.07) is 8.42. The lowest BCUT2D eigenvalue weighted by Crippen LogP contribution is -2.43. The van der Waals surface area contributed by atoms with Crippen LogP contribution in [0.4, 0.5) is 0 Å². The van der Waals surface area contributed by atoms with Crippen molar-refractivity contribution in [3.8, 4) is 22.6 Å². The van der Waals surface area contributed by atoms with E-state index < -0.39 is 0 Å². The van der Waals surface area contributed by atoms with Gasteiger partial charge in [0.25, 0.3) is 0 Å². The Bertz CT molecular complexity index is 709. The molecule has 2 aliphatic heterocycles. The van der Waals surface area contributed by atoms with E-state index >= 15 is 0 Å². The van der Waals surface area contributed by atoms with Crippen LogP contribution in [-0.2, 0) is 6.54 Å². The van der Waals surface area contributed by atoms with Crippen LogP contribution in [0.5, 0.6) is 11.5 Å². The Hall–Kier alpha value is -1.53. The summed E-state index contributed by atoms with van der Waals surface area (Å²) >= 11 is 0. The standard InChI is InChI=1S/C19H23N3O2.2ClH/c23-18-11-15(14-2-1-5-21-12-14)10-16-13-22(8-9-24-19(16)18)17-3-6-20-7-4-17;;/h1-2,5,10-12,17,20,23H,3-4,6-9,13H2;2*1H. The maximum atomic E-state index is 10.4. The summed E-state index contributed by atoms with van der Waals surface area (Å²) < 4.78 is 5.87. The molecule has 4 rings (SSSR count). The molecule has 2 N–H and O–H groups in total. The summed E-state index contributed by atoms with van der Waals surface area (Å²) in [5.41, 5.74) is 3.05. The molecule has 0 saturated carbocycles. The van der Waals surface area contributed by atoms with E-state index in [9.17, 15) is 5.11 Å². The summed E-state index contributed by atoms with van der Waals surface area (Å²) in [6.07, 6.45) is 5.92. The number of benzene rings is 1. The van der Waals surface area contributed by atoms with Crippen LogP contribution in [0.15, 0.2) is 36.7 Å². The molecule has 0 spiro atoms. The van der Waals surface area contributed by atoms with Gasteiger partial charge in [0.15, 0.2) is 11.5 Å². The number of nitrogens with one attached hydrogen (secondary N) is 1. The fourth-order valence-corrected chi connectivity index (χ4v) is 3.70. The number of piperidine rings is 1. The van der Waals surface area contributed by atoms with Gasteiger partial charge >= 0.3 is 0 Å². The lowest BCUT2D eigenvalue weighted by Gasteiger charge is -2.33. The number of halogens is 2. The van der Waals surface area contributed by atoms with Gasteiger partial charge in [-0.3, -0.25) is 9.88 Å². The van der Waals surface area contributed by atoms with Gasteiger partial charge in [0.1, 0.15) is 6.61 Å². The third kappa shape index (κ3) is 4.41. The average Bonchev–Trinajstić information content (AvgIpc) is 2.86. The molecule has 1 fully saturated rings. The number of aromatic hydroxyl groups is 1. The third-order valence-electron chi connectivity index (χ3n) is 4.96. The van der Waals surface area contributed by atoms with Crippen LogP contribution in [0.1, 0.15) is 18.4 Å². The van der Waals surface area contributed by atoms with E-state index in [0.29, 0.717) is 18.4 Å².